The van der Waals surface area contributed by atoms with Crippen molar-refractivity contribution in [3.63, 3.8) is 0 Å². The number of aliphatic hydroxyl groups is 1. The molecule has 0 aromatic carbocycles. The number of rotatable bonds is 5. The monoisotopic (exact) mass is 295 g/mol. The van der Waals surface area contributed by atoms with Gasteiger partial charge in [-0.2, -0.15) is 5.10 Å². The molecule has 2 aromatic rings. The first-order chi connectivity index (χ1) is 9.54. The molecule has 0 bridgehead atoms. The molecular weight excluding hydrogens is 278 g/mol. The normalized spacial score (nSPS) is 12.7. The van der Waals surface area contributed by atoms with E-state index < -0.39 is 6.10 Å². The van der Waals surface area contributed by atoms with Crippen molar-refractivity contribution in [2.45, 2.75) is 26.5 Å². The minimum Gasteiger partial charge on any atom is -0.383 e. The van der Waals surface area contributed by atoms with Crippen molar-refractivity contribution < 1.29 is 9.84 Å². The average Bonchev–Trinajstić information content (AvgIpc) is 2.77. The Morgan fingerprint density at radius 3 is 2.80 bits per heavy atom. The van der Waals surface area contributed by atoms with Crippen LogP contribution in [0.3, 0.4) is 0 Å². The largest absolute Gasteiger partial charge is 0.383 e. The molecular formula is C14H18ClN3O2. The van der Waals surface area contributed by atoms with Crippen LogP contribution >= 0.6 is 11.6 Å². The fraction of sp³-hybridized carbons (Fsp3) is 0.429. The van der Waals surface area contributed by atoms with Crippen molar-refractivity contribution >= 4 is 11.6 Å². The van der Waals surface area contributed by atoms with Crippen LogP contribution in [0.1, 0.15) is 28.7 Å². The summed E-state index contributed by atoms with van der Waals surface area (Å²) in [6.07, 6.45) is 0.683. The molecule has 0 amide bonds. The van der Waals surface area contributed by atoms with Gasteiger partial charge in [-0.3, -0.25) is 9.67 Å². The fourth-order valence-corrected chi connectivity index (χ4v) is 2.38. The SMILES string of the molecule is COCCn1ncc(Cl)c1C(O)c1ccc(C)nc1C. The van der Waals surface area contributed by atoms with Crippen LogP contribution in [0, 0.1) is 13.8 Å². The number of aliphatic hydroxyl groups excluding tert-OH is 1. The van der Waals surface area contributed by atoms with Crippen LogP contribution in [-0.4, -0.2) is 33.6 Å². The van der Waals surface area contributed by atoms with Gasteiger partial charge < -0.3 is 9.84 Å². The molecule has 108 valence electrons. The van der Waals surface area contributed by atoms with E-state index in [2.05, 4.69) is 10.1 Å². The summed E-state index contributed by atoms with van der Waals surface area (Å²) in [5, 5.41) is 15.2. The zero-order valence-electron chi connectivity index (χ0n) is 11.8. The number of aryl methyl sites for hydroxylation is 2. The third kappa shape index (κ3) is 3.00. The number of aromatic nitrogens is 3. The van der Waals surface area contributed by atoms with Crippen LogP contribution in [0.2, 0.25) is 5.02 Å². The summed E-state index contributed by atoms with van der Waals surface area (Å²) in [4.78, 5) is 4.37. The summed E-state index contributed by atoms with van der Waals surface area (Å²) in [7, 11) is 1.62. The van der Waals surface area contributed by atoms with Crippen molar-refractivity contribution in [3.8, 4) is 0 Å². The lowest BCUT2D eigenvalue weighted by Gasteiger charge is -2.16. The first-order valence-corrected chi connectivity index (χ1v) is 6.74. The standard InChI is InChI=1S/C14H18ClN3O2/c1-9-4-5-11(10(2)17-9)14(19)13-12(15)8-16-18(13)6-7-20-3/h4-5,8,14,19H,6-7H2,1-3H3. The minimum atomic E-state index is -0.852. The average molecular weight is 296 g/mol. The summed E-state index contributed by atoms with van der Waals surface area (Å²) in [6.45, 7) is 4.82. The van der Waals surface area contributed by atoms with Gasteiger partial charge in [0.05, 0.1) is 30.1 Å². The van der Waals surface area contributed by atoms with E-state index >= 15 is 0 Å². The van der Waals surface area contributed by atoms with Gasteiger partial charge in [-0.25, -0.2) is 0 Å². The third-order valence-corrected chi connectivity index (χ3v) is 3.45. The number of methoxy groups -OCH3 is 1. The Balaban J connectivity index is 2.37. The lowest BCUT2D eigenvalue weighted by Crippen LogP contribution is -2.14. The van der Waals surface area contributed by atoms with E-state index in [0.29, 0.717) is 23.9 Å². The van der Waals surface area contributed by atoms with E-state index in [9.17, 15) is 5.11 Å². The van der Waals surface area contributed by atoms with E-state index in [-0.39, 0.29) is 0 Å². The van der Waals surface area contributed by atoms with Crippen molar-refractivity contribution in [2.75, 3.05) is 13.7 Å². The molecule has 20 heavy (non-hydrogen) atoms. The number of hydrogen-bond donors (Lipinski definition) is 1. The van der Waals surface area contributed by atoms with Gasteiger partial charge in [0.2, 0.25) is 0 Å². The molecule has 2 heterocycles. The van der Waals surface area contributed by atoms with Crippen molar-refractivity contribution in [3.05, 3.63) is 46.0 Å². The predicted octanol–water partition coefficient (Wildman–Crippen LogP) is 2.28. The number of pyridine rings is 1. The molecule has 6 heteroatoms. The molecule has 0 aliphatic heterocycles. The molecule has 0 aliphatic carbocycles. The molecule has 5 nitrogen and oxygen atoms in total. The summed E-state index contributed by atoms with van der Waals surface area (Å²) < 4.78 is 6.70. The van der Waals surface area contributed by atoms with Gasteiger partial charge >= 0.3 is 0 Å². The maximum atomic E-state index is 10.6. The highest BCUT2D eigenvalue weighted by Gasteiger charge is 2.21. The van der Waals surface area contributed by atoms with Crippen LogP contribution in [-0.2, 0) is 11.3 Å². The topological polar surface area (TPSA) is 60.2 Å². The Morgan fingerprint density at radius 1 is 1.40 bits per heavy atom. The zero-order valence-corrected chi connectivity index (χ0v) is 12.6. The first-order valence-electron chi connectivity index (χ1n) is 6.37. The highest BCUT2D eigenvalue weighted by Crippen LogP contribution is 2.29. The molecule has 2 rings (SSSR count). The molecule has 0 spiro atoms. The molecule has 0 saturated heterocycles. The lowest BCUT2D eigenvalue weighted by atomic mass is 10.0. The highest BCUT2D eigenvalue weighted by atomic mass is 35.5. The smallest absolute Gasteiger partial charge is 0.124 e. The van der Waals surface area contributed by atoms with Crippen LogP contribution in [0.15, 0.2) is 18.3 Å². The van der Waals surface area contributed by atoms with Gasteiger partial charge in [0.15, 0.2) is 0 Å². The molecule has 0 saturated carbocycles. The predicted molar refractivity (Wildman–Crippen MR) is 76.9 cm³/mol. The molecule has 1 unspecified atom stereocenters. The van der Waals surface area contributed by atoms with Gasteiger partial charge in [-0.05, 0) is 19.9 Å². The highest BCUT2D eigenvalue weighted by molar-refractivity contribution is 6.31. The number of ether oxygens (including phenoxy) is 1. The van der Waals surface area contributed by atoms with Crippen LogP contribution in [0.25, 0.3) is 0 Å². The molecule has 0 radical (unpaired) electrons. The Kier molecular flexibility index (Phi) is 4.75. The van der Waals surface area contributed by atoms with Crippen LogP contribution in [0.4, 0.5) is 0 Å². The molecule has 0 aliphatic rings. The van der Waals surface area contributed by atoms with E-state index in [1.54, 1.807) is 11.8 Å². The second kappa shape index (κ2) is 6.35. The fourth-order valence-electron chi connectivity index (χ4n) is 2.13. The van der Waals surface area contributed by atoms with Gasteiger partial charge in [-0.1, -0.05) is 17.7 Å². The number of halogens is 1. The van der Waals surface area contributed by atoms with Crippen LogP contribution < -0.4 is 0 Å². The molecule has 0 fully saturated rings. The van der Waals surface area contributed by atoms with Crippen LogP contribution in [0.5, 0.6) is 0 Å². The van der Waals surface area contributed by atoms with Gasteiger partial charge in [0.1, 0.15) is 6.10 Å². The van der Waals surface area contributed by atoms with E-state index in [4.69, 9.17) is 16.3 Å². The maximum Gasteiger partial charge on any atom is 0.124 e. The molecule has 2 aromatic heterocycles. The quantitative estimate of drug-likeness (QED) is 0.919. The van der Waals surface area contributed by atoms with Crippen molar-refractivity contribution in [1.82, 2.24) is 14.8 Å². The summed E-state index contributed by atoms with van der Waals surface area (Å²) in [6, 6.07) is 3.74. The zero-order chi connectivity index (χ0) is 14.7. The Bertz CT molecular complexity index is 598. The maximum absolute atomic E-state index is 10.6. The Labute approximate surface area is 123 Å². The van der Waals surface area contributed by atoms with Crippen molar-refractivity contribution in [2.24, 2.45) is 0 Å². The number of nitrogens with zero attached hydrogens (tertiary/aromatic N) is 3. The second-order valence-corrected chi connectivity index (χ2v) is 5.03. The third-order valence-electron chi connectivity index (χ3n) is 3.16. The Morgan fingerprint density at radius 2 is 2.15 bits per heavy atom. The first kappa shape index (κ1) is 15.0. The van der Waals surface area contributed by atoms with E-state index in [1.165, 1.54) is 6.20 Å². The van der Waals surface area contributed by atoms with E-state index in [0.717, 1.165) is 17.0 Å². The minimum absolute atomic E-state index is 0.438. The van der Waals surface area contributed by atoms with Gasteiger partial charge in [0.25, 0.3) is 0 Å². The van der Waals surface area contributed by atoms with Gasteiger partial charge in [0, 0.05) is 24.1 Å². The Hall–Kier alpha value is -1.43. The van der Waals surface area contributed by atoms with Gasteiger partial charge in [-0.15, -0.1) is 0 Å². The molecule has 1 atom stereocenters. The molecule has 1 N–H and O–H groups in total. The van der Waals surface area contributed by atoms with Crippen molar-refractivity contribution in [1.29, 1.82) is 0 Å². The van der Waals surface area contributed by atoms with E-state index in [1.807, 2.05) is 26.0 Å². The summed E-state index contributed by atoms with van der Waals surface area (Å²) in [5.41, 5.74) is 3.00. The lowest BCUT2D eigenvalue weighted by molar-refractivity contribution is 0.171. The number of hydrogen-bond acceptors (Lipinski definition) is 4. The second-order valence-electron chi connectivity index (χ2n) is 4.62. The summed E-state index contributed by atoms with van der Waals surface area (Å²) >= 11 is 6.15. The summed E-state index contributed by atoms with van der Waals surface area (Å²) in [5.74, 6) is 0.